The van der Waals surface area contributed by atoms with Crippen LogP contribution in [0.5, 0.6) is 0 Å². The quantitative estimate of drug-likeness (QED) is 0.846. The third-order valence-corrected chi connectivity index (χ3v) is 3.02. The zero-order chi connectivity index (χ0) is 14.5. The van der Waals surface area contributed by atoms with Crippen LogP contribution in [0.15, 0.2) is 12.7 Å². The largest absolute Gasteiger partial charge is 0.353 e. The van der Waals surface area contributed by atoms with Crippen molar-refractivity contribution in [3.05, 3.63) is 17.9 Å². The first kappa shape index (κ1) is 14.6. The normalized spacial score (nSPS) is 11.3. The van der Waals surface area contributed by atoms with Gasteiger partial charge in [0, 0.05) is 19.1 Å². The summed E-state index contributed by atoms with van der Waals surface area (Å²) in [4.78, 5) is 18.3. The molecule has 2 aromatic heterocycles. The Bertz CT molecular complexity index is 541. The highest BCUT2D eigenvalue weighted by Crippen LogP contribution is 2.08. The zero-order valence-corrected chi connectivity index (χ0v) is 12.4. The van der Waals surface area contributed by atoms with E-state index in [1.165, 1.54) is 17.3 Å². The molecule has 0 saturated carbocycles. The van der Waals surface area contributed by atoms with Crippen molar-refractivity contribution in [1.29, 1.82) is 0 Å². The van der Waals surface area contributed by atoms with Crippen LogP contribution >= 0.6 is 11.6 Å². The van der Waals surface area contributed by atoms with Crippen LogP contribution in [-0.4, -0.2) is 60.8 Å². The Morgan fingerprint density at radius 2 is 2.15 bits per heavy atom. The third-order valence-electron chi connectivity index (χ3n) is 2.85. The predicted octanol–water partition coefficient (Wildman–Crippen LogP) is 0.858. The fourth-order valence-corrected chi connectivity index (χ4v) is 1.59. The van der Waals surface area contributed by atoms with E-state index >= 15 is 0 Å². The Morgan fingerprint density at radius 1 is 1.35 bits per heavy atom. The number of aromatic nitrogens is 6. The summed E-state index contributed by atoms with van der Waals surface area (Å²) in [6, 6.07) is 0.490. The smallest absolute Gasteiger partial charge is 0.258 e. The van der Waals surface area contributed by atoms with Crippen molar-refractivity contribution >= 4 is 17.5 Å². The molecule has 2 rings (SSSR count). The van der Waals surface area contributed by atoms with Gasteiger partial charge in [-0.25, -0.2) is 4.98 Å². The first-order valence-electron chi connectivity index (χ1n) is 6.27. The second-order valence-electron chi connectivity index (χ2n) is 4.57. The maximum atomic E-state index is 5.88. The number of rotatable bonds is 6. The first-order chi connectivity index (χ1) is 9.56. The minimum Gasteiger partial charge on any atom is -0.353 e. The summed E-state index contributed by atoms with van der Waals surface area (Å²) in [6.07, 6.45) is 2.91. The van der Waals surface area contributed by atoms with Gasteiger partial charge in [-0.3, -0.25) is 0 Å². The highest BCUT2D eigenvalue weighted by Gasteiger charge is 2.08. The van der Waals surface area contributed by atoms with E-state index in [0.29, 0.717) is 24.5 Å². The first-order valence-corrected chi connectivity index (χ1v) is 6.64. The summed E-state index contributed by atoms with van der Waals surface area (Å²) >= 11 is 5.88. The van der Waals surface area contributed by atoms with Crippen LogP contribution in [0.1, 0.15) is 13.8 Å². The van der Waals surface area contributed by atoms with Gasteiger partial charge in [0.25, 0.3) is 5.95 Å². The molecular weight excluding hydrogens is 280 g/mol. The molecule has 0 fully saturated rings. The number of nitrogens with one attached hydrogen (secondary N) is 1. The minimum atomic E-state index is 0.116. The maximum absolute atomic E-state index is 5.88. The lowest BCUT2D eigenvalue weighted by molar-refractivity contribution is 0.284. The van der Waals surface area contributed by atoms with Crippen molar-refractivity contribution in [2.45, 2.75) is 19.9 Å². The summed E-state index contributed by atoms with van der Waals surface area (Å²) in [5, 5.41) is 7.20. The van der Waals surface area contributed by atoms with Gasteiger partial charge in [0.15, 0.2) is 0 Å². The molecule has 1 N–H and O–H groups in total. The van der Waals surface area contributed by atoms with E-state index < -0.39 is 0 Å². The van der Waals surface area contributed by atoms with Crippen molar-refractivity contribution in [3.8, 4) is 5.95 Å². The Hall–Kier alpha value is -1.80. The number of halogens is 1. The second kappa shape index (κ2) is 6.58. The number of hydrogen-bond donors (Lipinski definition) is 1. The molecule has 108 valence electrons. The number of anilines is 1. The molecule has 0 unspecified atom stereocenters. The molecule has 0 amide bonds. The van der Waals surface area contributed by atoms with Gasteiger partial charge in [0.2, 0.25) is 11.2 Å². The van der Waals surface area contributed by atoms with Crippen molar-refractivity contribution in [2.24, 2.45) is 0 Å². The van der Waals surface area contributed by atoms with Crippen molar-refractivity contribution in [3.63, 3.8) is 0 Å². The molecule has 0 bridgehead atoms. The lowest BCUT2D eigenvalue weighted by Crippen LogP contribution is -2.31. The number of hydrogen-bond acceptors (Lipinski definition) is 7. The molecule has 0 radical (unpaired) electrons. The second-order valence-corrected chi connectivity index (χ2v) is 4.91. The molecule has 0 aliphatic rings. The predicted molar refractivity (Wildman–Crippen MR) is 76.0 cm³/mol. The van der Waals surface area contributed by atoms with Crippen LogP contribution < -0.4 is 5.32 Å². The molecule has 0 atom stereocenters. The Kier molecular flexibility index (Phi) is 4.80. The van der Waals surface area contributed by atoms with Crippen LogP contribution in [0, 0.1) is 0 Å². The van der Waals surface area contributed by atoms with E-state index in [4.69, 9.17) is 11.6 Å². The van der Waals surface area contributed by atoms with Gasteiger partial charge >= 0.3 is 0 Å². The van der Waals surface area contributed by atoms with Gasteiger partial charge in [0.1, 0.15) is 12.7 Å². The number of nitrogens with zero attached hydrogens (tertiary/aromatic N) is 7. The van der Waals surface area contributed by atoms with Gasteiger partial charge in [-0.15, -0.1) is 0 Å². The summed E-state index contributed by atoms with van der Waals surface area (Å²) in [7, 11) is 2.06. The molecule has 20 heavy (non-hydrogen) atoms. The maximum Gasteiger partial charge on any atom is 0.258 e. The summed E-state index contributed by atoms with van der Waals surface area (Å²) in [6.45, 7) is 5.87. The van der Waals surface area contributed by atoms with E-state index in [-0.39, 0.29) is 5.28 Å². The fourth-order valence-electron chi connectivity index (χ4n) is 1.43. The van der Waals surface area contributed by atoms with Gasteiger partial charge in [-0.05, 0) is 32.5 Å². The third kappa shape index (κ3) is 3.84. The van der Waals surface area contributed by atoms with Crippen LogP contribution in [0.2, 0.25) is 5.28 Å². The van der Waals surface area contributed by atoms with Gasteiger partial charge in [0.05, 0.1) is 0 Å². The highest BCUT2D eigenvalue weighted by molar-refractivity contribution is 6.28. The molecule has 2 heterocycles. The SMILES string of the molecule is CC(C)N(C)CCNc1nc(Cl)nc(-n2cncn2)n1. The average molecular weight is 297 g/mol. The minimum absolute atomic E-state index is 0.116. The van der Waals surface area contributed by atoms with Crippen LogP contribution in [0.4, 0.5) is 5.95 Å². The van der Waals surface area contributed by atoms with E-state index in [2.05, 4.69) is 56.1 Å². The summed E-state index contributed by atoms with van der Waals surface area (Å²) < 4.78 is 1.43. The molecule has 0 saturated heterocycles. The Balaban J connectivity index is 2.02. The van der Waals surface area contributed by atoms with Gasteiger partial charge in [-0.1, -0.05) is 0 Å². The van der Waals surface area contributed by atoms with Gasteiger partial charge in [-0.2, -0.15) is 24.7 Å². The highest BCUT2D eigenvalue weighted by atomic mass is 35.5. The van der Waals surface area contributed by atoms with Crippen molar-refractivity contribution < 1.29 is 0 Å². The Labute approximate surface area is 122 Å². The van der Waals surface area contributed by atoms with E-state index in [1.54, 1.807) is 0 Å². The molecule has 8 nitrogen and oxygen atoms in total. The fraction of sp³-hybridized carbons (Fsp3) is 0.545. The van der Waals surface area contributed by atoms with Crippen LogP contribution in [-0.2, 0) is 0 Å². The lowest BCUT2D eigenvalue weighted by atomic mass is 10.3. The standard InChI is InChI=1S/C11H17ClN8/c1-8(2)19(3)5-4-14-10-16-9(12)17-11(18-10)20-7-13-6-15-20/h6-8H,4-5H2,1-3H3,(H,14,16,17,18). The average Bonchev–Trinajstić information content (AvgIpc) is 2.91. The molecule has 9 heteroatoms. The van der Waals surface area contributed by atoms with Gasteiger partial charge < -0.3 is 10.2 Å². The summed E-state index contributed by atoms with van der Waals surface area (Å²) in [5.74, 6) is 0.759. The van der Waals surface area contributed by atoms with E-state index in [0.717, 1.165) is 6.54 Å². The lowest BCUT2D eigenvalue weighted by Gasteiger charge is -2.20. The van der Waals surface area contributed by atoms with Crippen molar-refractivity contribution in [2.75, 3.05) is 25.5 Å². The summed E-state index contributed by atoms with van der Waals surface area (Å²) in [5.41, 5.74) is 0. The van der Waals surface area contributed by atoms with Crippen LogP contribution in [0.25, 0.3) is 5.95 Å². The van der Waals surface area contributed by atoms with E-state index in [9.17, 15) is 0 Å². The topological polar surface area (TPSA) is 84.6 Å². The molecule has 2 aromatic rings. The van der Waals surface area contributed by atoms with Crippen LogP contribution in [0.3, 0.4) is 0 Å². The molecule has 0 spiro atoms. The number of likely N-dealkylation sites (N-methyl/N-ethyl adjacent to an activating group) is 1. The zero-order valence-electron chi connectivity index (χ0n) is 11.7. The van der Waals surface area contributed by atoms with E-state index in [1.807, 2.05) is 0 Å². The molecule has 0 aliphatic carbocycles. The van der Waals surface area contributed by atoms with Crippen molar-refractivity contribution in [1.82, 2.24) is 34.6 Å². The Morgan fingerprint density at radius 3 is 2.80 bits per heavy atom. The molecule has 0 aliphatic heterocycles. The molecule has 0 aromatic carbocycles. The molecular formula is C11H17ClN8. The monoisotopic (exact) mass is 296 g/mol.